The Morgan fingerprint density at radius 3 is 2.55 bits per heavy atom. The Labute approximate surface area is 119 Å². The van der Waals surface area contributed by atoms with Crippen molar-refractivity contribution in [2.75, 3.05) is 10.6 Å². The minimum absolute atomic E-state index is 0.310. The number of hydrogen-bond donors (Lipinski definition) is 3. The van der Waals surface area contributed by atoms with Crippen molar-refractivity contribution < 1.29 is 4.79 Å². The van der Waals surface area contributed by atoms with E-state index in [1.807, 2.05) is 18.2 Å². The summed E-state index contributed by atoms with van der Waals surface area (Å²) in [5.74, 6) is 0. The number of nitrogens with one attached hydrogen (secondary N) is 3. The molecule has 0 saturated carbocycles. The van der Waals surface area contributed by atoms with Crippen LogP contribution in [0.1, 0.15) is 0 Å². The first-order valence-corrected chi connectivity index (χ1v) is 6.35. The highest BCUT2D eigenvalue weighted by Crippen LogP contribution is 2.17. The number of aromatic amines is 1. The van der Waals surface area contributed by atoms with Crippen molar-refractivity contribution in [1.82, 2.24) is 10.2 Å². The van der Waals surface area contributed by atoms with Crippen LogP contribution in [0.3, 0.4) is 0 Å². The summed E-state index contributed by atoms with van der Waals surface area (Å²) in [6, 6.07) is 12.1. The molecule has 2 aromatic carbocycles. The standard InChI is InChI=1S/C14H11ClN4O/c15-10-1-3-11(4-2-10)17-14(20)18-12-5-6-13-9(7-12)8-16-19-13/h1-8H,(H,16,19)(H2,17,18,20). The van der Waals surface area contributed by atoms with Gasteiger partial charge in [0, 0.05) is 21.8 Å². The third-order valence-corrected chi connectivity index (χ3v) is 3.05. The molecule has 3 aromatic rings. The van der Waals surface area contributed by atoms with Gasteiger partial charge in [0.2, 0.25) is 0 Å². The largest absolute Gasteiger partial charge is 0.323 e. The monoisotopic (exact) mass is 286 g/mol. The number of rotatable bonds is 2. The van der Waals surface area contributed by atoms with Gasteiger partial charge in [-0.3, -0.25) is 5.10 Å². The lowest BCUT2D eigenvalue weighted by Crippen LogP contribution is -2.19. The van der Waals surface area contributed by atoms with Gasteiger partial charge in [-0.2, -0.15) is 5.10 Å². The lowest BCUT2D eigenvalue weighted by atomic mass is 10.2. The normalized spacial score (nSPS) is 10.4. The minimum Gasteiger partial charge on any atom is -0.308 e. The fraction of sp³-hybridized carbons (Fsp3) is 0. The Balaban J connectivity index is 1.70. The zero-order chi connectivity index (χ0) is 13.9. The maximum atomic E-state index is 11.9. The SMILES string of the molecule is O=C(Nc1ccc(Cl)cc1)Nc1ccc2[nH]ncc2c1. The Hall–Kier alpha value is -2.53. The zero-order valence-electron chi connectivity index (χ0n) is 10.4. The highest BCUT2D eigenvalue weighted by Gasteiger charge is 2.04. The van der Waals surface area contributed by atoms with Crippen LogP contribution in [0, 0.1) is 0 Å². The van der Waals surface area contributed by atoms with Crippen LogP contribution in [0.2, 0.25) is 5.02 Å². The second-order valence-electron chi connectivity index (χ2n) is 4.26. The number of carbonyl (C=O) groups excluding carboxylic acids is 1. The van der Waals surface area contributed by atoms with Gasteiger partial charge in [0.25, 0.3) is 0 Å². The van der Waals surface area contributed by atoms with Gasteiger partial charge in [-0.05, 0) is 42.5 Å². The molecule has 1 aromatic heterocycles. The molecule has 100 valence electrons. The Morgan fingerprint density at radius 1 is 1.05 bits per heavy atom. The first kappa shape index (κ1) is 12.5. The van der Waals surface area contributed by atoms with Crippen LogP contribution in [0.15, 0.2) is 48.7 Å². The van der Waals surface area contributed by atoms with Crippen molar-refractivity contribution in [2.45, 2.75) is 0 Å². The quantitative estimate of drug-likeness (QED) is 0.669. The molecule has 0 bridgehead atoms. The van der Waals surface area contributed by atoms with Gasteiger partial charge < -0.3 is 10.6 Å². The molecule has 0 atom stereocenters. The minimum atomic E-state index is -0.310. The Kier molecular flexibility index (Phi) is 3.26. The molecular formula is C14H11ClN4O. The van der Waals surface area contributed by atoms with Crippen LogP contribution in [-0.2, 0) is 0 Å². The molecule has 3 rings (SSSR count). The van der Waals surface area contributed by atoms with Crippen molar-refractivity contribution in [3.8, 4) is 0 Å². The number of amides is 2. The molecule has 1 heterocycles. The third kappa shape index (κ3) is 2.73. The summed E-state index contributed by atoms with van der Waals surface area (Å²) in [6.07, 6.45) is 1.71. The molecule has 2 amide bonds. The second-order valence-corrected chi connectivity index (χ2v) is 4.69. The van der Waals surface area contributed by atoms with Gasteiger partial charge in [0.15, 0.2) is 0 Å². The van der Waals surface area contributed by atoms with E-state index in [2.05, 4.69) is 20.8 Å². The average Bonchev–Trinajstić information content (AvgIpc) is 2.89. The second kappa shape index (κ2) is 5.22. The van der Waals surface area contributed by atoms with E-state index in [9.17, 15) is 4.79 Å². The first-order chi connectivity index (χ1) is 9.70. The van der Waals surface area contributed by atoms with Gasteiger partial charge >= 0.3 is 6.03 Å². The molecule has 0 radical (unpaired) electrons. The van der Waals surface area contributed by atoms with E-state index in [1.165, 1.54) is 0 Å². The fourth-order valence-corrected chi connectivity index (χ4v) is 1.97. The smallest absolute Gasteiger partial charge is 0.308 e. The van der Waals surface area contributed by atoms with Crippen LogP contribution < -0.4 is 10.6 Å². The number of nitrogens with zero attached hydrogens (tertiary/aromatic N) is 1. The van der Waals surface area contributed by atoms with Crippen molar-refractivity contribution in [1.29, 1.82) is 0 Å². The Morgan fingerprint density at radius 2 is 1.75 bits per heavy atom. The topological polar surface area (TPSA) is 69.8 Å². The van der Waals surface area contributed by atoms with Crippen LogP contribution >= 0.6 is 11.6 Å². The lowest BCUT2D eigenvalue weighted by molar-refractivity contribution is 0.262. The maximum Gasteiger partial charge on any atom is 0.323 e. The van der Waals surface area contributed by atoms with Crippen LogP contribution in [0.25, 0.3) is 10.9 Å². The highest BCUT2D eigenvalue weighted by molar-refractivity contribution is 6.30. The molecule has 0 unspecified atom stereocenters. The summed E-state index contributed by atoms with van der Waals surface area (Å²) in [5, 5.41) is 13.8. The van der Waals surface area contributed by atoms with Crippen molar-refractivity contribution >= 4 is 39.9 Å². The molecule has 0 aliphatic carbocycles. The number of benzene rings is 2. The van der Waals surface area contributed by atoms with Crippen molar-refractivity contribution in [3.05, 3.63) is 53.7 Å². The zero-order valence-corrected chi connectivity index (χ0v) is 11.1. The third-order valence-electron chi connectivity index (χ3n) is 2.80. The average molecular weight is 287 g/mol. The van der Waals surface area contributed by atoms with Gasteiger partial charge in [-0.25, -0.2) is 4.79 Å². The summed E-state index contributed by atoms with van der Waals surface area (Å²) in [4.78, 5) is 11.9. The van der Waals surface area contributed by atoms with E-state index in [4.69, 9.17) is 11.6 Å². The van der Waals surface area contributed by atoms with Crippen LogP contribution in [0.5, 0.6) is 0 Å². The van der Waals surface area contributed by atoms with Gasteiger partial charge in [0.05, 0.1) is 11.7 Å². The number of anilines is 2. The van der Waals surface area contributed by atoms with E-state index >= 15 is 0 Å². The number of halogens is 1. The van der Waals surface area contributed by atoms with Gasteiger partial charge in [-0.1, -0.05) is 11.6 Å². The van der Waals surface area contributed by atoms with Gasteiger partial charge in [0.1, 0.15) is 0 Å². The summed E-state index contributed by atoms with van der Waals surface area (Å²) in [6.45, 7) is 0. The van der Waals surface area contributed by atoms with Crippen LogP contribution in [-0.4, -0.2) is 16.2 Å². The molecular weight excluding hydrogens is 276 g/mol. The van der Waals surface area contributed by atoms with E-state index in [0.29, 0.717) is 16.4 Å². The lowest BCUT2D eigenvalue weighted by Gasteiger charge is -2.07. The molecule has 0 aliphatic rings. The summed E-state index contributed by atoms with van der Waals surface area (Å²) >= 11 is 5.79. The predicted molar refractivity (Wildman–Crippen MR) is 80.2 cm³/mol. The Bertz CT molecular complexity index is 751. The molecule has 20 heavy (non-hydrogen) atoms. The predicted octanol–water partition coefficient (Wildman–Crippen LogP) is 3.86. The summed E-state index contributed by atoms with van der Waals surface area (Å²) in [5.41, 5.74) is 2.30. The molecule has 3 N–H and O–H groups in total. The number of urea groups is 1. The number of aromatic nitrogens is 2. The van der Waals surface area contributed by atoms with E-state index in [1.54, 1.807) is 30.5 Å². The maximum absolute atomic E-state index is 11.9. The van der Waals surface area contributed by atoms with E-state index in [-0.39, 0.29) is 6.03 Å². The number of hydrogen-bond acceptors (Lipinski definition) is 2. The highest BCUT2D eigenvalue weighted by atomic mass is 35.5. The molecule has 0 saturated heterocycles. The number of H-pyrrole nitrogens is 1. The molecule has 0 aliphatic heterocycles. The summed E-state index contributed by atoms with van der Waals surface area (Å²) in [7, 11) is 0. The van der Waals surface area contributed by atoms with E-state index < -0.39 is 0 Å². The van der Waals surface area contributed by atoms with Gasteiger partial charge in [-0.15, -0.1) is 0 Å². The van der Waals surface area contributed by atoms with Crippen molar-refractivity contribution in [3.63, 3.8) is 0 Å². The first-order valence-electron chi connectivity index (χ1n) is 5.97. The number of fused-ring (bicyclic) bond motifs is 1. The molecule has 6 heteroatoms. The number of carbonyl (C=O) groups is 1. The molecule has 5 nitrogen and oxygen atoms in total. The fourth-order valence-electron chi connectivity index (χ4n) is 1.85. The molecule has 0 spiro atoms. The molecule has 0 fully saturated rings. The van der Waals surface area contributed by atoms with Crippen LogP contribution in [0.4, 0.5) is 16.2 Å². The van der Waals surface area contributed by atoms with E-state index in [0.717, 1.165) is 10.9 Å². The van der Waals surface area contributed by atoms with Crippen molar-refractivity contribution in [2.24, 2.45) is 0 Å². The summed E-state index contributed by atoms with van der Waals surface area (Å²) < 4.78 is 0.